The number of H-pyrrole nitrogens is 1. The van der Waals surface area contributed by atoms with Crippen LogP contribution in [0.2, 0.25) is 0 Å². The first-order valence-electron chi connectivity index (χ1n) is 9.42. The SMILES string of the molecule is CC(C)NC(=O)c1n[nH]c2ccc(-c3cc(CN4CCC4)cc(F)c3F)cc12. The maximum Gasteiger partial charge on any atom is 0.272 e. The third-order valence-corrected chi connectivity index (χ3v) is 4.95. The molecule has 2 aromatic carbocycles. The summed E-state index contributed by atoms with van der Waals surface area (Å²) in [6.45, 7) is 6.27. The molecule has 0 saturated carbocycles. The predicted octanol–water partition coefficient (Wildman–Crippen LogP) is 3.85. The van der Waals surface area contributed by atoms with E-state index in [9.17, 15) is 13.6 Å². The van der Waals surface area contributed by atoms with Gasteiger partial charge in [0, 0.05) is 23.5 Å². The fourth-order valence-electron chi connectivity index (χ4n) is 3.43. The van der Waals surface area contributed by atoms with Gasteiger partial charge in [0.15, 0.2) is 17.3 Å². The molecule has 146 valence electrons. The summed E-state index contributed by atoms with van der Waals surface area (Å²) in [6.07, 6.45) is 1.13. The van der Waals surface area contributed by atoms with Crippen molar-refractivity contribution in [1.82, 2.24) is 20.4 Å². The highest BCUT2D eigenvalue weighted by molar-refractivity contribution is 6.05. The van der Waals surface area contributed by atoms with Crippen molar-refractivity contribution in [2.45, 2.75) is 32.9 Å². The van der Waals surface area contributed by atoms with Crippen molar-refractivity contribution >= 4 is 16.8 Å². The molecule has 1 aliphatic rings. The first kappa shape index (κ1) is 18.6. The molecule has 1 saturated heterocycles. The smallest absolute Gasteiger partial charge is 0.272 e. The number of halogens is 2. The van der Waals surface area contributed by atoms with Gasteiger partial charge in [-0.05, 0) is 68.8 Å². The van der Waals surface area contributed by atoms with Crippen LogP contribution in [0.4, 0.5) is 8.78 Å². The number of fused-ring (bicyclic) bond motifs is 1. The maximum atomic E-state index is 14.6. The van der Waals surface area contributed by atoms with Crippen LogP contribution in [0, 0.1) is 11.6 Å². The van der Waals surface area contributed by atoms with Gasteiger partial charge in [-0.1, -0.05) is 6.07 Å². The fraction of sp³-hybridized carbons (Fsp3) is 0.333. The second kappa shape index (κ2) is 7.31. The van der Waals surface area contributed by atoms with Crippen LogP contribution < -0.4 is 5.32 Å². The molecule has 5 nitrogen and oxygen atoms in total. The molecule has 1 aliphatic heterocycles. The Morgan fingerprint density at radius 1 is 1.25 bits per heavy atom. The van der Waals surface area contributed by atoms with Crippen molar-refractivity contribution in [3.8, 4) is 11.1 Å². The van der Waals surface area contributed by atoms with Crippen molar-refractivity contribution in [1.29, 1.82) is 0 Å². The fourth-order valence-corrected chi connectivity index (χ4v) is 3.43. The van der Waals surface area contributed by atoms with Gasteiger partial charge in [0.2, 0.25) is 0 Å². The van der Waals surface area contributed by atoms with E-state index >= 15 is 0 Å². The Labute approximate surface area is 161 Å². The highest BCUT2D eigenvalue weighted by Crippen LogP contribution is 2.30. The first-order chi connectivity index (χ1) is 13.4. The minimum Gasteiger partial charge on any atom is -0.348 e. The molecule has 3 aromatic rings. The molecule has 1 aromatic heterocycles. The number of benzene rings is 2. The van der Waals surface area contributed by atoms with Gasteiger partial charge in [-0.25, -0.2) is 8.78 Å². The second-order valence-corrected chi connectivity index (χ2v) is 7.53. The van der Waals surface area contributed by atoms with Gasteiger partial charge in [0.1, 0.15) is 0 Å². The van der Waals surface area contributed by atoms with Gasteiger partial charge in [0.25, 0.3) is 5.91 Å². The summed E-state index contributed by atoms with van der Waals surface area (Å²) in [5.41, 5.74) is 2.33. The zero-order chi connectivity index (χ0) is 19.8. The van der Waals surface area contributed by atoms with E-state index in [1.54, 1.807) is 24.3 Å². The summed E-state index contributed by atoms with van der Waals surface area (Å²) in [4.78, 5) is 14.6. The summed E-state index contributed by atoms with van der Waals surface area (Å²) < 4.78 is 28.8. The Bertz CT molecular complexity index is 1040. The number of aromatic amines is 1. The summed E-state index contributed by atoms with van der Waals surface area (Å²) in [6, 6.07) is 8.02. The molecular weight excluding hydrogens is 362 g/mol. The third kappa shape index (κ3) is 3.49. The summed E-state index contributed by atoms with van der Waals surface area (Å²) >= 11 is 0. The van der Waals surface area contributed by atoms with Crippen molar-refractivity contribution in [3.05, 3.63) is 53.2 Å². The highest BCUT2D eigenvalue weighted by Gasteiger charge is 2.20. The van der Waals surface area contributed by atoms with E-state index in [0.29, 0.717) is 23.0 Å². The lowest BCUT2D eigenvalue weighted by Gasteiger charge is -2.30. The quantitative estimate of drug-likeness (QED) is 0.702. The number of hydrogen-bond donors (Lipinski definition) is 2. The number of likely N-dealkylation sites (tertiary alicyclic amines) is 1. The number of rotatable bonds is 5. The van der Waals surface area contributed by atoms with E-state index in [-0.39, 0.29) is 23.2 Å². The van der Waals surface area contributed by atoms with E-state index in [0.717, 1.165) is 25.1 Å². The molecular formula is C21H22F2N4O. The third-order valence-electron chi connectivity index (χ3n) is 4.95. The van der Waals surface area contributed by atoms with Crippen LogP contribution in [0.3, 0.4) is 0 Å². The zero-order valence-corrected chi connectivity index (χ0v) is 15.9. The van der Waals surface area contributed by atoms with Crippen molar-refractivity contribution in [2.75, 3.05) is 13.1 Å². The first-order valence-corrected chi connectivity index (χ1v) is 9.42. The summed E-state index contributed by atoms with van der Waals surface area (Å²) in [5.74, 6) is -2.06. The van der Waals surface area contributed by atoms with Crippen LogP contribution in [0.5, 0.6) is 0 Å². The number of nitrogens with one attached hydrogen (secondary N) is 2. The Hall–Kier alpha value is -2.80. The van der Waals surface area contributed by atoms with E-state index in [1.807, 2.05) is 13.8 Å². The van der Waals surface area contributed by atoms with Crippen molar-refractivity contribution in [2.24, 2.45) is 0 Å². The van der Waals surface area contributed by atoms with Crippen molar-refractivity contribution in [3.63, 3.8) is 0 Å². The number of hydrogen-bond acceptors (Lipinski definition) is 3. The van der Waals surface area contributed by atoms with E-state index < -0.39 is 11.6 Å². The molecule has 0 radical (unpaired) electrons. The highest BCUT2D eigenvalue weighted by atomic mass is 19.2. The average Bonchev–Trinajstić information content (AvgIpc) is 3.03. The molecule has 0 spiro atoms. The Morgan fingerprint density at radius 2 is 2.04 bits per heavy atom. The van der Waals surface area contributed by atoms with Crippen LogP contribution >= 0.6 is 0 Å². The van der Waals surface area contributed by atoms with Gasteiger partial charge in [-0.3, -0.25) is 14.8 Å². The van der Waals surface area contributed by atoms with Gasteiger partial charge < -0.3 is 5.32 Å². The Kier molecular flexibility index (Phi) is 4.85. The number of carbonyl (C=O) groups excluding carboxylic acids is 1. The van der Waals surface area contributed by atoms with Crippen LogP contribution in [-0.2, 0) is 6.54 Å². The zero-order valence-electron chi connectivity index (χ0n) is 15.9. The molecule has 28 heavy (non-hydrogen) atoms. The summed E-state index contributed by atoms with van der Waals surface area (Å²) in [7, 11) is 0. The normalized spacial score (nSPS) is 14.5. The molecule has 4 rings (SSSR count). The van der Waals surface area contributed by atoms with Crippen LogP contribution in [0.1, 0.15) is 36.3 Å². The van der Waals surface area contributed by atoms with E-state index in [4.69, 9.17) is 0 Å². The maximum absolute atomic E-state index is 14.6. The monoisotopic (exact) mass is 384 g/mol. The lowest BCUT2D eigenvalue weighted by molar-refractivity contribution is 0.0939. The number of aromatic nitrogens is 2. The molecule has 2 heterocycles. The van der Waals surface area contributed by atoms with Crippen LogP contribution in [-0.4, -0.2) is 40.1 Å². The molecule has 1 amide bonds. The molecule has 0 atom stereocenters. The van der Waals surface area contributed by atoms with Crippen molar-refractivity contribution < 1.29 is 13.6 Å². The molecule has 2 N–H and O–H groups in total. The van der Waals surface area contributed by atoms with E-state index in [1.165, 1.54) is 6.07 Å². The molecule has 1 fully saturated rings. The molecule has 0 unspecified atom stereocenters. The standard InChI is InChI=1S/C21H22F2N4O/c1-12(2)24-21(28)20-16-10-14(4-5-18(16)25-26-20)15-8-13(9-17(22)19(15)23)11-27-6-3-7-27/h4-5,8-10,12H,3,6-7,11H2,1-2H3,(H,24,28)(H,25,26). The molecule has 0 bridgehead atoms. The second-order valence-electron chi connectivity index (χ2n) is 7.53. The van der Waals surface area contributed by atoms with Gasteiger partial charge >= 0.3 is 0 Å². The Balaban J connectivity index is 1.75. The minimum absolute atomic E-state index is 0.0350. The van der Waals surface area contributed by atoms with Gasteiger partial charge in [-0.15, -0.1) is 0 Å². The van der Waals surface area contributed by atoms with Gasteiger partial charge in [-0.2, -0.15) is 5.10 Å². The van der Waals surface area contributed by atoms with E-state index in [2.05, 4.69) is 20.4 Å². The lowest BCUT2D eigenvalue weighted by Crippen LogP contribution is -2.36. The topological polar surface area (TPSA) is 61.0 Å². The van der Waals surface area contributed by atoms with Crippen LogP contribution in [0.25, 0.3) is 22.0 Å². The minimum atomic E-state index is -0.886. The molecule has 0 aliphatic carbocycles. The molecule has 7 heteroatoms. The number of carbonyl (C=O) groups is 1. The average molecular weight is 384 g/mol. The predicted molar refractivity (Wildman–Crippen MR) is 104 cm³/mol. The number of amides is 1. The lowest BCUT2D eigenvalue weighted by atomic mass is 9.99. The summed E-state index contributed by atoms with van der Waals surface area (Å²) in [5, 5.41) is 10.3. The van der Waals surface area contributed by atoms with Crippen LogP contribution in [0.15, 0.2) is 30.3 Å². The largest absolute Gasteiger partial charge is 0.348 e. The number of nitrogens with zero attached hydrogens (tertiary/aromatic N) is 2. The van der Waals surface area contributed by atoms with Gasteiger partial charge in [0.05, 0.1) is 5.52 Å². The Morgan fingerprint density at radius 3 is 2.71 bits per heavy atom.